The van der Waals surface area contributed by atoms with Crippen LogP contribution in [0.2, 0.25) is 0 Å². The van der Waals surface area contributed by atoms with E-state index in [0.29, 0.717) is 26.2 Å². The molecule has 0 saturated carbocycles. The molecule has 1 amide bonds. The summed E-state index contributed by atoms with van der Waals surface area (Å²) in [4.78, 5) is 24.8. The minimum atomic E-state index is -0.423. The molecule has 1 aliphatic heterocycles. The van der Waals surface area contributed by atoms with Crippen molar-refractivity contribution in [2.75, 3.05) is 31.1 Å². The molecule has 6 nitrogen and oxygen atoms in total. The van der Waals surface area contributed by atoms with E-state index >= 15 is 0 Å². The highest BCUT2D eigenvalue weighted by atomic mass is 16.6. The van der Waals surface area contributed by atoms with Crippen LogP contribution in [-0.4, -0.2) is 49.7 Å². The first kappa shape index (κ1) is 12.4. The van der Waals surface area contributed by atoms with Gasteiger partial charge in [-0.1, -0.05) is 6.07 Å². The van der Waals surface area contributed by atoms with Gasteiger partial charge in [0.2, 0.25) is 7.85 Å². The number of hydrogen-bond acceptors (Lipinski definition) is 4. The lowest BCUT2D eigenvalue weighted by Crippen LogP contribution is -2.48. The highest BCUT2D eigenvalue weighted by Gasteiger charge is 2.19. The van der Waals surface area contributed by atoms with Crippen molar-refractivity contribution in [3.05, 3.63) is 34.4 Å². The fourth-order valence-electron chi connectivity index (χ4n) is 1.99. The zero-order valence-electron chi connectivity index (χ0n) is 9.78. The number of hydrogen-bond donors (Lipinski definition) is 0. The molecule has 0 unspecified atom stereocenters. The van der Waals surface area contributed by atoms with E-state index in [2.05, 4.69) is 0 Å². The molecule has 1 aromatic carbocycles. The molecule has 1 heterocycles. The maximum atomic E-state index is 11.0. The number of piperazine rings is 1. The molecule has 0 spiro atoms. The summed E-state index contributed by atoms with van der Waals surface area (Å²) < 4.78 is 0. The Kier molecular flexibility index (Phi) is 3.50. The number of benzene rings is 1. The molecule has 0 N–H and O–H groups in total. The first-order valence-electron chi connectivity index (χ1n) is 5.62. The van der Waals surface area contributed by atoms with Crippen LogP contribution in [0, 0.1) is 10.1 Å². The van der Waals surface area contributed by atoms with E-state index < -0.39 is 10.7 Å². The summed E-state index contributed by atoms with van der Waals surface area (Å²) in [5, 5.41) is 10.7. The van der Waals surface area contributed by atoms with Crippen molar-refractivity contribution >= 4 is 25.0 Å². The second-order valence-electron chi connectivity index (χ2n) is 4.09. The normalized spacial score (nSPS) is 15.6. The van der Waals surface area contributed by atoms with Crippen molar-refractivity contribution < 1.29 is 9.72 Å². The van der Waals surface area contributed by atoms with Gasteiger partial charge in [0.1, 0.15) is 0 Å². The molecule has 1 aromatic rings. The largest absolute Gasteiger partial charge is 0.368 e. The number of non-ortho nitro benzene ring substituents is 1. The molecule has 0 aliphatic carbocycles. The molecule has 1 aliphatic rings. The SMILES string of the molecule is [B]C(=O)N1CCN(c2cccc([N+](=O)[O-])c2)CC1. The molecule has 1 saturated heterocycles. The van der Waals surface area contributed by atoms with Crippen molar-refractivity contribution in [3.8, 4) is 0 Å². The van der Waals surface area contributed by atoms with Crippen LogP contribution in [0.5, 0.6) is 0 Å². The molecule has 2 radical (unpaired) electrons. The summed E-state index contributed by atoms with van der Waals surface area (Å²) in [5.41, 5.74) is 0.873. The Morgan fingerprint density at radius 3 is 2.50 bits per heavy atom. The zero-order chi connectivity index (χ0) is 13.1. The number of rotatable bonds is 2. The summed E-state index contributed by atoms with van der Waals surface area (Å²) in [6, 6.07) is 6.49. The van der Waals surface area contributed by atoms with E-state index in [-0.39, 0.29) is 5.69 Å². The summed E-state index contributed by atoms with van der Waals surface area (Å²) in [6.07, 6.45) is 0. The zero-order valence-corrected chi connectivity index (χ0v) is 9.78. The molecule has 1 fully saturated rings. The summed E-state index contributed by atoms with van der Waals surface area (Å²) >= 11 is 0. The third kappa shape index (κ3) is 2.61. The quantitative estimate of drug-likeness (QED) is 0.443. The second-order valence-corrected chi connectivity index (χ2v) is 4.09. The summed E-state index contributed by atoms with van der Waals surface area (Å²) in [7, 11) is 5.19. The van der Waals surface area contributed by atoms with Gasteiger partial charge in [-0.05, 0) is 6.07 Å². The number of carbonyl (C=O) groups excluding carboxylic acids is 1. The first-order chi connectivity index (χ1) is 8.58. The van der Waals surface area contributed by atoms with Crippen molar-refractivity contribution in [1.29, 1.82) is 0 Å². The van der Waals surface area contributed by atoms with Crippen molar-refractivity contribution in [3.63, 3.8) is 0 Å². The molecule has 0 aromatic heterocycles. The molecule has 7 heteroatoms. The Balaban J connectivity index is 2.07. The van der Waals surface area contributed by atoms with Gasteiger partial charge < -0.3 is 9.80 Å². The average Bonchev–Trinajstić information content (AvgIpc) is 2.39. The predicted molar refractivity (Wildman–Crippen MR) is 68.0 cm³/mol. The standard InChI is InChI=1S/C11H12BN3O3/c12-11(16)14-6-4-13(5-7-14)9-2-1-3-10(8-9)15(17)18/h1-3,8H,4-7H2. The van der Waals surface area contributed by atoms with E-state index in [1.807, 2.05) is 11.0 Å². The van der Waals surface area contributed by atoms with Crippen molar-refractivity contribution in [1.82, 2.24) is 4.90 Å². The minimum Gasteiger partial charge on any atom is -0.368 e. The fraction of sp³-hybridized carbons (Fsp3) is 0.364. The van der Waals surface area contributed by atoms with Crippen LogP contribution in [-0.2, 0) is 0 Å². The molecule has 0 atom stereocenters. The fourth-order valence-corrected chi connectivity index (χ4v) is 1.99. The van der Waals surface area contributed by atoms with E-state index in [1.165, 1.54) is 6.07 Å². The second kappa shape index (κ2) is 5.08. The van der Waals surface area contributed by atoms with Crippen LogP contribution in [0.15, 0.2) is 24.3 Å². The smallest absolute Gasteiger partial charge is 0.271 e. The Morgan fingerprint density at radius 1 is 1.28 bits per heavy atom. The lowest BCUT2D eigenvalue weighted by molar-refractivity contribution is -0.384. The van der Waals surface area contributed by atoms with E-state index in [1.54, 1.807) is 17.0 Å². The van der Waals surface area contributed by atoms with Gasteiger partial charge in [0, 0.05) is 44.0 Å². The van der Waals surface area contributed by atoms with Crippen LogP contribution in [0.25, 0.3) is 0 Å². The molecule has 2 rings (SSSR count). The van der Waals surface area contributed by atoms with Gasteiger partial charge in [-0.15, -0.1) is 0 Å². The molecular formula is C11H12BN3O3. The van der Waals surface area contributed by atoms with Gasteiger partial charge in [0.25, 0.3) is 5.69 Å². The van der Waals surface area contributed by atoms with Crippen LogP contribution in [0.3, 0.4) is 0 Å². The first-order valence-corrected chi connectivity index (χ1v) is 5.62. The number of nitrogens with zero attached hydrogens (tertiary/aromatic N) is 3. The maximum absolute atomic E-state index is 11.0. The van der Waals surface area contributed by atoms with Crippen LogP contribution >= 0.6 is 0 Å². The lowest BCUT2D eigenvalue weighted by atomic mass is 10.1. The van der Waals surface area contributed by atoms with Gasteiger partial charge in [0.05, 0.1) is 4.92 Å². The predicted octanol–water partition coefficient (Wildman–Crippen LogP) is 1.01. The third-order valence-electron chi connectivity index (χ3n) is 3.00. The number of nitro groups is 1. The Bertz CT molecular complexity index is 472. The van der Waals surface area contributed by atoms with Gasteiger partial charge in [0.15, 0.2) is 5.81 Å². The van der Waals surface area contributed by atoms with Crippen LogP contribution < -0.4 is 4.90 Å². The molecule has 0 bridgehead atoms. The molecule has 18 heavy (non-hydrogen) atoms. The maximum Gasteiger partial charge on any atom is 0.271 e. The topological polar surface area (TPSA) is 66.7 Å². The van der Waals surface area contributed by atoms with Crippen LogP contribution in [0.1, 0.15) is 0 Å². The van der Waals surface area contributed by atoms with Gasteiger partial charge in [-0.3, -0.25) is 14.9 Å². The summed E-state index contributed by atoms with van der Waals surface area (Å²) in [5.74, 6) is -0.423. The Hall–Kier alpha value is -2.05. The monoisotopic (exact) mass is 245 g/mol. The number of nitro benzene ring substituents is 1. The summed E-state index contributed by atoms with van der Waals surface area (Å²) in [6.45, 7) is 2.34. The van der Waals surface area contributed by atoms with Gasteiger partial charge in [-0.2, -0.15) is 0 Å². The number of amides is 1. The van der Waals surface area contributed by atoms with Gasteiger partial charge in [-0.25, -0.2) is 0 Å². The molecule has 92 valence electrons. The average molecular weight is 245 g/mol. The number of anilines is 1. The van der Waals surface area contributed by atoms with Crippen molar-refractivity contribution in [2.24, 2.45) is 0 Å². The lowest BCUT2D eigenvalue weighted by Gasteiger charge is -2.35. The highest BCUT2D eigenvalue weighted by molar-refractivity contribution is 6.56. The minimum absolute atomic E-state index is 0.0739. The highest BCUT2D eigenvalue weighted by Crippen LogP contribution is 2.22. The Morgan fingerprint density at radius 2 is 1.94 bits per heavy atom. The van der Waals surface area contributed by atoms with E-state index in [4.69, 9.17) is 7.85 Å². The number of carbonyl (C=O) groups is 1. The van der Waals surface area contributed by atoms with Crippen molar-refractivity contribution in [2.45, 2.75) is 0 Å². The van der Waals surface area contributed by atoms with Gasteiger partial charge >= 0.3 is 0 Å². The van der Waals surface area contributed by atoms with E-state index in [0.717, 1.165) is 5.69 Å². The van der Waals surface area contributed by atoms with Crippen LogP contribution in [0.4, 0.5) is 16.2 Å². The third-order valence-corrected chi connectivity index (χ3v) is 3.00. The molecular weight excluding hydrogens is 233 g/mol. The van der Waals surface area contributed by atoms with E-state index in [9.17, 15) is 14.9 Å². The Labute approximate surface area is 106 Å².